The van der Waals surface area contributed by atoms with Gasteiger partial charge in [-0.2, -0.15) is 0 Å². The third kappa shape index (κ3) is 3.48. The lowest BCUT2D eigenvalue weighted by atomic mass is 10.1. The van der Waals surface area contributed by atoms with Crippen molar-refractivity contribution in [1.82, 2.24) is 14.9 Å². The molecule has 1 aliphatic heterocycles. The van der Waals surface area contributed by atoms with Gasteiger partial charge in [0.2, 0.25) is 11.8 Å². The van der Waals surface area contributed by atoms with Crippen molar-refractivity contribution in [3.63, 3.8) is 0 Å². The molecule has 1 aromatic rings. The van der Waals surface area contributed by atoms with Gasteiger partial charge in [-0.1, -0.05) is 12.8 Å². The standard InChI is InChI=1S/C16H24N4O2/c1-2-22-15-9-14(17-11-18-15)19-13-7-8-20(10-13)16(21)12-5-3-4-6-12/h9,11-13H,2-8,10H2,1H3,(H,17,18,19). The number of carbonyl (C=O) groups excluding carboxylic acids is 1. The smallest absolute Gasteiger partial charge is 0.225 e. The minimum absolute atomic E-state index is 0.259. The molecule has 0 spiro atoms. The van der Waals surface area contributed by atoms with Crippen LogP contribution in [0.15, 0.2) is 12.4 Å². The monoisotopic (exact) mass is 304 g/mol. The summed E-state index contributed by atoms with van der Waals surface area (Å²) in [5, 5.41) is 3.39. The summed E-state index contributed by atoms with van der Waals surface area (Å²) >= 11 is 0. The first-order valence-corrected chi connectivity index (χ1v) is 8.26. The molecule has 1 saturated carbocycles. The average molecular weight is 304 g/mol. The van der Waals surface area contributed by atoms with Crippen LogP contribution in [0.3, 0.4) is 0 Å². The number of aromatic nitrogens is 2. The summed E-state index contributed by atoms with van der Waals surface area (Å²) in [4.78, 5) is 22.7. The SMILES string of the molecule is CCOc1cc(NC2CCN(C(=O)C3CCCC3)C2)ncn1. The number of anilines is 1. The van der Waals surface area contributed by atoms with Crippen LogP contribution in [0, 0.1) is 5.92 Å². The molecule has 1 unspecified atom stereocenters. The van der Waals surface area contributed by atoms with Crippen molar-refractivity contribution in [1.29, 1.82) is 0 Å². The van der Waals surface area contributed by atoms with Crippen LogP contribution < -0.4 is 10.1 Å². The molecule has 0 bridgehead atoms. The van der Waals surface area contributed by atoms with Gasteiger partial charge in [0.05, 0.1) is 6.61 Å². The van der Waals surface area contributed by atoms with E-state index in [4.69, 9.17) is 4.74 Å². The molecule has 3 rings (SSSR count). The van der Waals surface area contributed by atoms with Crippen LogP contribution in [0.4, 0.5) is 5.82 Å². The second-order valence-electron chi connectivity index (χ2n) is 6.07. The zero-order valence-electron chi connectivity index (χ0n) is 13.1. The molecule has 2 fully saturated rings. The molecular formula is C16H24N4O2. The second kappa shape index (κ2) is 6.94. The zero-order valence-corrected chi connectivity index (χ0v) is 13.1. The van der Waals surface area contributed by atoms with E-state index in [1.54, 1.807) is 0 Å². The number of likely N-dealkylation sites (tertiary alicyclic amines) is 1. The van der Waals surface area contributed by atoms with Crippen molar-refractivity contribution in [2.24, 2.45) is 5.92 Å². The molecule has 0 aromatic carbocycles. The Balaban J connectivity index is 1.54. The predicted molar refractivity (Wildman–Crippen MR) is 83.8 cm³/mol. The van der Waals surface area contributed by atoms with E-state index in [-0.39, 0.29) is 12.0 Å². The van der Waals surface area contributed by atoms with Crippen molar-refractivity contribution in [2.45, 2.75) is 45.1 Å². The Morgan fingerprint density at radius 3 is 2.95 bits per heavy atom. The number of rotatable bonds is 5. The number of hydrogen-bond acceptors (Lipinski definition) is 5. The molecular weight excluding hydrogens is 280 g/mol. The number of nitrogens with one attached hydrogen (secondary N) is 1. The van der Waals surface area contributed by atoms with Crippen LogP contribution in [-0.2, 0) is 4.79 Å². The van der Waals surface area contributed by atoms with Crippen molar-refractivity contribution < 1.29 is 9.53 Å². The molecule has 1 aromatic heterocycles. The van der Waals surface area contributed by atoms with E-state index in [2.05, 4.69) is 15.3 Å². The van der Waals surface area contributed by atoms with Crippen LogP contribution >= 0.6 is 0 Å². The average Bonchev–Trinajstić information content (AvgIpc) is 3.19. The minimum atomic E-state index is 0.259. The van der Waals surface area contributed by atoms with Crippen LogP contribution in [0.1, 0.15) is 39.0 Å². The third-order valence-electron chi connectivity index (χ3n) is 4.49. The van der Waals surface area contributed by atoms with E-state index in [1.807, 2.05) is 17.9 Å². The molecule has 120 valence electrons. The largest absolute Gasteiger partial charge is 0.478 e. The van der Waals surface area contributed by atoms with E-state index in [0.717, 1.165) is 38.2 Å². The fraction of sp³-hybridized carbons (Fsp3) is 0.688. The predicted octanol–water partition coefficient (Wildman–Crippen LogP) is 2.08. The molecule has 22 heavy (non-hydrogen) atoms. The number of amides is 1. The van der Waals surface area contributed by atoms with Gasteiger partial charge in [-0.3, -0.25) is 4.79 Å². The lowest BCUT2D eigenvalue weighted by Gasteiger charge is -2.20. The first kappa shape index (κ1) is 15.1. The molecule has 2 aliphatic rings. The van der Waals surface area contributed by atoms with Crippen LogP contribution in [0.2, 0.25) is 0 Å². The van der Waals surface area contributed by atoms with Crippen molar-refractivity contribution in [3.05, 3.63) is 12.4 Å². The van der Waals surface area contributed by atoms with Gasteiger partial charge in [0.15, 0.2) is 0 Å². The molecule has 1 saturated heterocycles. The molecule has 6 heteroatoms. The van der Waals surface area contributed by atoms with Crippen LogP contribution in [0.5, 0.6) is 5.88 Å². The van der Waals surface area contributed by atoms with Gasteiger partial charge in [0, 0.05) is 31.1 Å². The summed E-state index contributed by atoms with van der Waals surface area (Å²) in [6, 6.07) is 2.07. The highest BCUT2D eigenvalue weighted by atomic mass is 16.5. The fourth-order valence-corrected chi connectivity index (χ4v) is 3.36. The summed E-state index contributed by atoms with van der Waals surface area (Å²) in [6.07, 6.45) is 7.00. The Kier molecular flexibility index (Phi) is 4.75. The number of ether oxygens (including phenoxy) is 1. The highest BCUT2D eigenvalue weighted by Crippen LogP contribution is 2.28. The van der Waals surface area contributed by atoms with E-state index in [0.29, 0.717) is 18.4 Å². The molecule has 2 heterocycles. The van der Waals surface area contributed by atoms with Gasteiger partial charge in [-0.15, -0.1) is 0 Å². The van der Waals surface area contributed by atoms with E-state index in [1.165, 1.54) is 19.2 Å². The maximum atomic E-state index is 12.4. The Labute approximate surface area is 131 Å². The molecule has 1 atom stereocenters. The zero-order chi connectivity index (χ0) is 15.4. The van der Waals surface area contributed by atoms with E-state index in [9.17, 15) is 4.79 Å². The van der Waals surface area contributed by atoms with Crippen LogP contribution in [-0.4, -0.2) is 46.5 Å². The molecule has 1 aliphatic carbocycles. The van der Waals surface area contributed by atoms with Gasteiger partial charge in [-0.05, 0) is 26.2 Å². The number of hydrogen-bond donors (Lipinski definition) is 1. The molecule has 1 amide bonds. The van der Waals surface area contributed by atoms with Gasteiger partial charge in [0.1, 0.15) is 12.1 Å². The van der Waals surface area contributed by atoms with E-state index < -0.39 is 0 Å². The second-order valence-corrected chi connectivity index (χ2v) is 6.07. The van der Waals surface area contributed by atoms with Gasteiger partial charge < -0.3 is 15.0 Å². The van der Waals surface area contributed by atoms with Gasteiger partial charge in [0.25, 0.3) is 0 Å². The van der Waals surface area contributed by atoms with Crippen molar-refractivity contribution >= 4 is 11.7 Å². The first-order valence-electron chi connectivity index (χ1n) is 8.26. The maximum absolute atomic E-state index is 12.4. The Hall–Kier alpha value is -1.85. The Morgan fingerprint density at radius 2 is 2.18 bits per heavy atom. The fourth-order valence-electron chi connectivity index (χ4n) is 3.36. The summed E-state index contributed by atoms with van der Waals surface area (Å²) in [5.41, 5.74) is 0. The molecule has 6 nitrogen and oxygen atoms in total. The highest BCUT2D eigenvalue weighted by Gasteiger charge is 2.32. The first-order chi connectivity index (χ1) is 10.8. The minimum Gasteiger partial charge on any atom is -0.478 e. The van der Waals surface area contributed by atoms with Crippen molar-refractivity contribution in [3.8, 4) is 5.88 Å². The normalized spacial score (nSPS) is 22.0. The lowest BCUT2D eigenvalue weighted by molar-refractivity contribution is -0.134. The van der Waals surface area contributed by atoms with Gasteiger partial charge in [-0.25, -0.2) is 9.97 Å². The lowest BCUT2D eigenvalue weighted by Crippen LogP contribution is -2.35. The summed E-state index contributed by atoms with van der Waals surface area (Å²) in [7, 11) is 0. The topological polar surface area (TPSA) is 67.3 Å². The third-order valence-corrected chi connectivity index (χ3v) is 4.49. The number of nitrogens with zero attached hydrogens (tertiary/aromatic N) is 3. The summed E-state index contributed by atoms with van der Waals surface area (Å²) < 4.78 is 5.38. The quantitative estimate of drug-likeness (QED) is 0.902. The summed E-state index contributed by atoms with van der Waals surface area (Å²) in [5.74, 6) is 1.96. The van der Waals surface area contributed by atoms with E-state index >= 15 is 0 Å². The summed E-state index contributed by atoms with van der Waals surface area (Å²) in [6.45, 7) is 4.13. The maximum Gasteiger partial charge on any atom is 0.225 e. The number of carbonyl (C=O) groups is 1. The van der Waals surface area contributed by atoms with Gasteiger partial charge >= 0.3 is 0 Å². The Morgan fingerprint density at radius 1 is 1.36 bits per heavy atom. The van der Waals surface area contributed by atoms with Crippen LogP contribution in [0.25, 0.3) is 0 Å². The van der Waals surface area contributed by atoms with Crippen molar-refractivity contribution in [2.75, 3.05) is 25.0 Å². The highest BCUT2D eigenvalue weighted by molar-refractivity contribution is 5.79. The molecule has 1 N–H and O–H groups in total. The Bertz CT molecular complexity index is 517. The molecule has 0 radical (unpaired) electrons.